The van der Waals surface area contributed by atoms with Crippen LogP contribution in [0.3, 0.4) is 0 Å². The smallest absolute Gasteiger partial charge is 0.227 e. The van der Waals surface area contributed by atoms with Crippen LogP contribution in [-0.4, -0.2) is 65.8 Å². The summed E-state index contributed by atoms with van der Waals surface area (Å²) in [7, 11) is 4.29. The van der Waals surface area contributed by atoms with Gasteiger partial charge in [-0.1, -0.05) is 5.16 Å². The van der Waals surface area contributed by atoms with E-state index in [0.29, 0.717) is 0 Å². The van der Waals surface area contributed by atoms with Gasteiger partial charge in [-0.2, -0.15) is 4.98 Å². The van der Waals surface area contributed by atoms with Gasteiger partial charge in [0, 0.05) is 25.0 Å². The lowest BCUT2D eigenvalue weighted by Crippen LogP contribution is -2.37. The molecule has 0 spiro atoms. The lowest BCUT2D eigenvalue weighted by Gasteiger charge is -2.24. The van der Waals surface area contributed by atoms with Crippen molar-refractivity contribution in [3.63, 3.8) is 0 Å². The predicted octanol–water partition coefficient (Wildman–Crippen LogP) is 1.31. The molecule has 1 aliphatic heterocycles. The molecule has 1 fully saturated rings. The highest BCUT2D eigenvalue weighted by Gasteiger charge is 2.26. The second kappa shape index (κ2) is 6.85. The van der Waals surface area contributed by atoms with Gasteiger partial charge >= 0.3 is 0 Å². The maximum atomic E-state index is 5.41. The van der Waals surface area contributed by atoms with E-state index in [9.17, 15) is 0 Å². The largest absolute Gasteiger partial charge is 0.339 e. The molecule has 1 aromatic heterocycles. The van der Waals surface area contributed by atoms with Crippen LogP contribution < -0.4 is 5.32 Å². The third-order valence-electron chi connectivity index (χ3n) is 3.84. The van der Waals surface area contributed by atoms with Crippen molar-refractivity contribution in [2.75, 3.05) is 40.3 Å². The summed E-state index contributed by atoms with van der Waals surface area (Å²) in [4.78, 5) is 9.26. The highest BCUT2D eigenvalue weighted by atomic mass is 16.5. The number of nitrogens with one attached hydrogen (secondary N) is 1. The Hall–Kier alpha value is -0.980. The van der Waals surface area contributed by atoms with E-state index in [1.54, 1.807) is 0 Å². The van der Waals surface area contributed by atoms with E-state index in [0.717, 1.165) is 44.3 Å². The van der Waals surface area contributed by atoms with Crippen molar-refractivity contribution >= 4 is 0 Å². The number of hydrogen-bond acceptors (Lipinski definition) is 6. The first-order chi connectivity index (χ1) is 9.85. The minimum Gasteiger partial charge on any atom is -0.339 e. The molecular formula is C15H29N5O. The number of hydrogen-bond donors (Lipinski definition) is 1. The zero-order valence-corrected chi connectivity index (χ0v) is 14.0. The van der Waals surface area contributed by atoms with Crippen molar-refractivity contribution in [1.82, 2.24) is 25.3 Å². The summed E-state index contributed by atoms with van der Waals surface area (Å²) >= 11 is 0. The average molecular weight is 295 g/mol. The Morgan fingerprint density at radius 2 is 2.05 bits per heavy atom. The highest BCUT2D eigenvalue weighted by Crippen LogP contribution is 2.20. The fourth-order valence-electron chi connectivity index (χ4n) is 2.60. The Morgan fingerprint density at radius 1 is 1.29 bits per heavy atom. The molecule has 21 heavy (non-hydrogen) atoms. The zero-order chi connectivity index (χ0) is 15.5. The minimum absolute atomic E-state index is 0.118. The van der Waals surface area contributed by atoms with Crippen LogP contribution in [0.15, 0.2) is 4.52 Å². The van der Waals surface area contributed by atoms with Crippen LogP contribution in [0.2, 0.25) is 0 Å². The summed E-state index contributed by atoms with van der Waals surface area (Å²) in [6.07, 6.45) is 1.96. The molecule has 0 aromatic carbocycles. The number of aromatic nitrogens is 2. The normalized spacial score (nSPS) is 22.4. The van der Waals surface area contributed by atoms with Gasteiger partial charge in [-0.15, -0.1) is 0 Å². The van der Waals surface area contributed by atoms with Crippen molar-refractivity contribution in [3.05, 3.63) is 11.7 Å². The summed E-state index contributed by atoms with van der Waals surface area (Å²) < 4.78 is 5.41. The molecule has 0 aliphatic carbocycles. The van der Waals surface area contributed by atoms with E-state index in [2.05, 4.69) is 60.1 Å². The fourth-order valence-corrected chi connectivity index (χ4v) is 2.60. The molecule has 2 rings (SSSR count). The van der Waals surface area contributed by atoms with Gasteiger partial charge in [0.25, 0.3) is 0 Å². The third-order valence-corrected chi connectivity index (χ3v) is 3.84. The monoisotopic (exact) mass is 295 g/mol. The van der Waals surface area contributed by atoms with Crippen LogP contribution in [0, 0.1) is 0 Å². The summed E-state index contributed by atoms with van der Waals surface area (Å²) in [5.74, 6) is 1.54. The molecule has 1 aromatic rings. The van der Waals surface area contributed by atoms with Crippen LogP contribution in [0.1, 0.15) is 44.9 Å². The molecule has 6 heteroatoms. The van der Waals surface area contributed by atoms with Gasteiger partial charge in [-0.05, 0) is 54.4 Å². The molecule has 0 radical (unpaired) electrons. The molecule has 1 atom stereocenters. The van der Waals surface area contributed by atoms with Gasteiger partial charge in [0.15, 0.2) is 5.82 Å². The van der Waals surface area contributed by atoms with Crippen molar-refractivity contribution in [3.8, 4) is 0 Å². The van der Waals surface area contributed by atoms with Crippen LogP contribution >= 0.6 is 0 Å². The number of rotatable bonds is 4. The third kappa shape index (κ3) is 5.05. The van der Waals surface area contributed by atoms with Crippen molar-refractivity contribution in [2.45, 2.75) is 45.2 Å². The Balaban J connectivity index is 1.94. The SMILES string of the molecule is CN1CCCN(C)C(c2noc(CCNC(C)(C)C)n2)C1. The molecule has 1 unspecified atom stereocenters. The fraction of sp³-hybridized carbons (Fsp3) is 0.867. The van der Waals surface area contributed by atoms with Gasteiger partial charge in [0.2, 0.25) is 5.89 Å². The van der Waals surface area contributed by atoms with E-state index >= 15 is 0 Å². The molecule has 1 N–H and O–H groups in total. The molecule has 2 heterocycles. The topological polar surface area (TPSA) is 57.4 Å². The second-order valence-electron chi connectivity index (χ2n) is 7.09. The summed E-state index contributed by atoms with van der Waals surface area (Å²) in [6, 6.07) is 0.227. The lowest BCUT2D eigenvalue weighted by atomic mass is 10.1. The summed E-state index contributed by atoms with van der Waals surface area (Å²) in [5, 5.41) is 7.64. The highest BCUT2D eigenvalue weighted by molar-refractivity contribution is 4.97. The first-order valence-corrected chi connectivity index (χ1v) is 7.81. The first-order valence-electron chi connectivity index (χ1n) is 7.81. The molecule has 6 nitrogen and oxygen atoms in total. The molecule has 120 valence electrons. The first kappa shape index (κ1) is 16.4. The van der Waals surface area contributed by atoms with Gasteiger partial charge in [-0.25, -0.2) is 0 Å². The number of nitrogens with zero attached hydrogens (tertiary/aromatic N) is 4. The second-order valence-corrected chi connectivity index (χ2v) is 7.09. The van der Waals surface area contributed by atoms with Gasteiger partial charge in [-0.3, -0.25) is 4.90 Å². The summed E-state index contributed by atoms with van der Waals surface area (Å²) in [6.45, 7) is 10.5. The maximum absolute atomic E-state index is 5.41. The molecule has 0 amide bonds. The van der Waals surface area contributed by atoms with E-state index in [1.807, 2.05) is 0 Å². The van der Waals surface area contributed by atoms with Crippen molar-refractivity contribution < 1.29 is 4.52 Å². The Kier molecular flexibility index (Phi) is 5.35. The standard InChI is InChI=1S/C15H29N5O/c1-15(2,3)16-8-7-13-17-14(18-21-13)12-11-19(4)9-6-10-20(12)5/h12,16H,6-11H2,1-5H3. The van der Waals surface area contributed by atoms with Gasteiger partial charge in [0.05, 0.1) is 6.04 Å². The quantitative estimate of drug-likeness (QED) is 0.904. The maximum Gasteiger partial charge on any atom is 0.227 e. The number of likely N-dealkylation sites (N-methyl/N-ethyl adjacent to an activating group) is 2. The Bertz CT molecular complexity index is 440. The van der Waals surface area contributed by atoms with Crippen LogP contribution in [-0.2, 0) is 6.42 Å². The van der Waals surface area contributed by atoms with E-state index in [-0.39, 0.29) is 11.6 Å². The van der Waals surface area contributed by atoms with E-state index in [4.69, 9.17) is 4.52 Å². The summed E-state index contributed by atoms with van der Waals surface area (Å²) in [5.41, 5.74) is 0.118. The van der Waals surface area contributed by atoms with Crippen LogP contribution in [0.4, 0.5) is 0 Å². The van der Waals surface area contributed by atoms with Crippen molar-refractivity contribution in [1.29, 1.82) is 0 Å². The molecule has 1 aliphatic rings. The minimum atomic E-state index is 0.118. The van der Waals surface area contributed by atoms with E-state index < -0.39 is 0 Å². The van der Waals surface area contributed by atoms with Crippen LogP contribution in [0.25, 0.3) is 0 Å². The zero-order valence-electron chi connectivity index (χ0n) is 14.0. The lowest BCUT2D eigenvalue weighted by molar-refractivity contribution is 0.214. The molecule has 0 saturated carbocycles. The molecule has 0 bridgehead atoms. The van der Waals surface area contributed by atoms with E-state index in [1.165, 1.54) is 6.42 Å². The van der Waals surface area contributed by atoms with Gasteiger partial charge in [0.1, 0.15) is 0 Å². The Labute approximate surface area is 127 Å². The average Bonchev–Trinajstić information content (AvgIpc) is 2.76. The predicted molar refractivity (Wildman–Crippen MR) is 83.2 cm³/mol. The Morgan fingerprint density at radius 3 is 2.76 bits per heavy atom. The molecular weight excluding hydrogens is 266 g/mol. The van der Waals surface area contributed by atoms with Crippen LogP contribution in [0.5, 0.6) is 0 Å². The molecule has 1 saturated heterocycles. The van der Waals surface area contributed by atoms with Crippen molar-refractivity contribution in [2.24, 2.45) is 0 Å². The van der Waals surface area contributed by atoms with Gasteiger partial charge < -0.3 is 14.7 Å².